The van der Waals surface area contributed by atoms with Gasteiger partial charge in [0.15, 0.2) is 0 Å². The van der Waals surface area contributed by atoms with Crippen LogP contribution in [0.15, 0.2) is 36.5 Å². The van der Waals surface area contributed by atoms with Crippen molar-refractivity contribution in [1.82, 2.24) is 10.3 Å². The number of halogens is 1. The van der Waals surface area contributed by atoms with E-state index in [1.165, 1.54) is 22.4 Å². The fourth-order valence-corrected chi connectivity index (χ4v) is 2.14. The van der Waals surface area contributed by atoms with Gasteiger partial charge in [-0.25, -0.2) is 0 Å². The van der Waals surface area contributed by atoms with Crippen LogP contribution in [-0.4, -0.2) is 18.6 Å². The van der Waals surface area contributed by atoms with Crippen LogP contribution in [-0.2, 0) is 12.8 Å². The van der Waals surface area contributed by atoms with E-state index in [4.69, 9.17) is 11.6 Å². The monoisotopic (exact) mass is 304 g/mol. The fourth-order valence-electron chi connectivity index (χ4n) is 1.94. The molecule has 0 unspecified atom stereocenters. The molecule has 0 saturated heterocycles. The third-order valence-corrected chi connectivity index (χ3v) is 3.65. The highest BCUT2D eigenvalue weighted by atomic mass is 35.5. The summed E-state index contributed by atoms with van der Waals surface area (Å²) in [5.41, 5.74) is 5.03. The number of benzene rings is 1. The average molecular weight is 305 g/mol. The molecule has 21 heavy (non-hydrogen) atoms. The van der Waals surface area contributed by atoms with Gasteiger partial charge in [-0.2, -0.15) is 0 Å². The number of nitrogens with one attached hydrogen (secondary N) is 1. The van der Waals surface area contributed by atoms with Crippen molar-refractivity contribution in [2.45, 2.75) is 33.6 Å². The number of aromatic nitrogens is 1. The van der Waals surface area contributed by atoms with Crippen LogP contribution >= 0.6 is 11.6 Å². The Labute approximate surface area is 133 Å². The van der Waals surface area contributed by atoms with Crippen molar-refractivity contribution in [3.05, 3.63) is 63.9 Å². The first-order chi connectivity index (χ1) is 10.1. The van der Waals surface area contributed by atoms with Crippen LogP contribution in [0.3, 0.4) is 0 Å². The van der Waals surface area contributed by atoms with Crippen LogP contribution in [0, 0.1) is 13.8 Å². The minimum atomic E-state index is 0.809. The summed E-state index contributed by atoms with van der Waals surface area (Å²) in [5, 5.41) is 3.74. The van der Waals surface area contributed by atoms with Crippen LogP contribution in [0.25, 0.3) is 0 Å². The van der Waals surface area contributed by atoms with Gasteiger partial charge in [-0.1, -0.05) is 30.7 Å². The Morgan fingerprint density at radius 1 is 1.10 bits per heavy atom. The van der Waals surface area contributed by atoms with Crippen molar-refractivity contribution in [2.24, 2.45) is 0 Å². The summed E-state index contributed by atoms with van der Waals surface area (Å²) < 4.78 is 0. The molecular formula is C18H25ClN2. The lowest BCUT2D eigenvalue weighted by Crippen LogP contribution is -2.01. The van der Waals surface area contributed by atoms with Gasteiger partial charge in [0.2, 0.25) is 0 Å². The van der Waals surface area contributed by atoms with Crippen molar-refractivity contribution in [3.8, 4) is 0 Å². The Balaban J connectivity index is 0.000000491. The molecule has 0 fully saturated rings. The molecule has 1 N–H and O–H groups in total. The normalized spacial score (nSPS) is 9.95. The van der Waals surface area contributed by atoms with E-state index in [-0.39, 0.29) is 0 Å². The summed E-state index contributed by atoms with van der Waals surface area (Å²) >= 11 is 6.01. The summed E-state index contributed by atoms with van der Waals surface area (Å²) in [5.74, 6) is 0. The van der Waals surface area contributed by atoms with Gasteiger partial charge in [0.05, 0.1) is 0 Å². The third-order valence-electron chi connectivity index (χ3n) is 3.41. The molecule has 0 atom stereocenters. The van der Waals surface area contributed by atoms with Gasteiger partial charge in [-0.15, -0.1) is 0 Å². The van der Waals surface area contributed by atoms with Crippen LogP contribution < -0.4 is 5.32 Å². The zero-order valence-corrected chi connectivity index (χ0v) is 14.2. The van der Waals surface area contributed by atoms with Crippen molar-refractivity contribution >= 4 is 11.6 Å². The second-order valence-electron chi connectivity index (χ2n) is 5.04. The minimum absolute atomic E-state index is 0.809. The molecule has 1 aromatic heterocycles. The quantitative estimate of drug-likeness (QED) is 0.907. The molecule has 0 bridgehead atoms. The number of nitrogens with zero attached hydrogens (tertiary/aromatic N) is 1. The summed E-state index contributed by atoms with van der Waals surface area (Å²) in [6, 6.07) is 10.1. The highest BCUT2D eigenvalue weighted by Crippen LogP contribution is 2.17. The number of pyridine rings is 1. The molecule has 3 heteroatoms. The molecule has 0 amide bonds. The predicted octanol–water partition coefficient (Wildman–Crippen LogP) is 4.36. The van der Waals surface area contributed by atoms with E-state index < -0.39 is 0 Å². The van der Waals surface area contributed by atoms with Gasteiger partial charge >= 0.3 is 0 Å². The van der Waals surface area contributed by atoms with Gasteiger partial charge in [-0.3, -0.25) is 4.98 Å². The second kappa shape index (κ2) is 9.54. The summed E-state index contributed by atoms with van der Waals surface area (Å²) in [6.07, 6.45) is 3.81. The molecule has 2 aromatic rings. The number of hydrogen-bond donors (Lipinski definition) is 1. The van der Waals surface area contributed by atoms with Gasteiger partial charge in [0, 0.05) is 16.9 Å². The number of hydrogen-bond acceptors (Lipinski definition) is 2. The molecule has 1 heterocycles. The smallest absolute Gasteiger partial charge is 0.0436 e. The van der Waals surface area contributed by atoms with Gasteiger partial charge in [0.1, 0.15) is 0 Å². The van der Waals surface area contributed by atoms with E-state index in [1.807, 2.05) is 25.4 Å². The highest BCUT2D eigenvalue weighted by Gasteiger charge is 2.03. The van der Waals surface area contributed by atoms with E-state index >= 15 is 0 Å². The highest BCUT2D eigenvalue weighted by molar-refractivity contribution is 6.30. The molecule has 0 aliphatic carbocycles. The van der Waals surface area contributed by atoms with E-state index in [2.05, 4.69) is 49.3 Å². The van der Waals surface area contributed by atoms with Crippen LogP contribution in [0.2, 0.25) is 5.02 Å². The maximum atomic E-state index is 6.01. The average Bonchev–Trinajstić information content (AvgIpc) is 2.50. The maximum Gasteiger partial charge on any atom is 0.0436 e. The van der Waals surface area contributed by atoms with Gasteiger partial charge in [-0.05, 0) is 75.2 Å². The second-order valence-corrected chi connectivity index (χ2v) is 5.48. The van der Waals surface area contributed by atoms with Gasteiger partial charge < -0.3 is 5.32 Å². The lowest BCUT2D eigenvalue weighted by atomic mass is 10.0. The number of aryl methyl sites for hydroxylation is 4. The predicted molar refractivity (Wildman–Crippen MR) is 92.2 cm³/mol. The topological polar surface area (TPSA) is 24.9 Å². The fraction of sp³-hybridized carbons (Fsp3) is 0.389. The van der Waals surface area contributed by atoms with E-state index in [0.717, 1.165) is 24.4 Å². The summed E-state index contributed by atoms with van der Waals surface area (Å²) in [4.78, 5) is 4.41. The van der Waals surface area contributed by atoms with E-state index in [0.29, 0.717) is 0 Å². The van der Waals surface area contributed by atoms with Crippen molar-refractivity contribution < 1.29 is 0 Å². The maximum absolute atomic E-state index is 6.01. The molecule has 114 valence electrons. The summed E-state index contributed by atoms with van der Waals surface area (Å²) in [7, 11) is 1.93. The van der Waals surface area contributed by atoms with E-state index in [1.54, 1.807) is 0 Å². The molecule has 2 rings (SSSR count). The Morgan fingerprint density at radius 2 is 1.81 bits per heavy atom. The van der Waals surface area contributed by atoms with Crippen molar-refractivity contribution in [2.75, 3.05) is 13.6 Å². The first kappa shape index (κ1) is 17.7. The van der Waals surface area contributed by atoms with Crippen molar-refractivity contribution in [1.29, 1.82) is 0 Å². The van der Waals surface area contributed by atoms with Crippen LogP contribution in [0.5, 0.6) is 0 Å². The molecule has 0 aliphatic rings. The Morgan fingerprint density at radius 3 is 2.43 bits per heavy atom. The lowest BCUT2D eigenvalue weighted by molar-refractivity contribution is 0.864. The standard InChI is InChI=1S/C15H16ClN.C3H9N/c1-11-5-7-14(16)10-13(11)6-8-15-12(2)4-3-9-17-15;1-3-4-2/h3-5,7,9-10H,6,8H2,1-2H3;4H,3H2,1-2H3. The zero-order chi connectivity index (χ0) is 15.7. The summed E-state index contributed by atoms with van der Waals surface area (Å²) in [6.45, 7) is 7.37. The molecular weight excluding hydrogens is 280 g/mol. The first-order valence-corrected chi connectivity index (χ1v) is 7.76. The molecule has 2 nitrogen and oxygen atoms in total. The van der Waals surface area contributed by atoms with Crippen LogP contribution in [0.4, 0.5) is 0 Å². The lowest BCUT2D eigenvalue weighted by Gasteiger charge is -2.07. The SMILES string of the molecule is CCNC.Cc1ccc(Cl)cc1CCc1ncccc1C. The van der Waals surface area contributed by atoms with Crippen LogP contribution in [0.1, 0.15) is 29.3 Å². The Hall–Kier alpha value is -1.38. The van der Waals surface area contributed by atoms with Crippen molar-refractivity contribution in [3.63, 3.8) is 0 Å². The zero-order valence-electron chi connectivity index (χ0n) is 13.4. The largest absolute Gasteiger partial charge is 0.320 e. The molecule has 0 spiro atoms. The molecule has 0 aliphatic heterocycles. The third kappa shape index (κ3) is 6.28. The Bertz CT molecular complexity index is 551. The minimum Gasteiger partial charge on any atom is -0.320 e. The molecule has 0 saturated carbocycles. The van der Waals surface area contributed by atoms with Gasteiger partial charge in [0.25, 0.3) is 0 Å². The first-order valence-electron chi connectivity index (χ1n) is 7.38. The molecule has 1 aromatic carbocycles. The molecule has 0 radical (unpaired) electrons. The Kier molecular flexibility index (Phi) is 8.03. The van der Waals surface area contributed by atoms with E-state index in [9.17, 15) is 0 Å². The number of rotatable bonds is 4.